The minimum atomic E-state index is -0.204. The molecule has 1 amide bonds. The normalized spacial score (nSPS) is 14.8. The molecule has 1 aromatic carbocycles. The minimum absolute atomic E-state index is 0.0490. The summed E-state index contributed by atoms with van der Waals surface area (Å²) in [5.41, 5.74) is 2.79. The first-order valence-corrected chi connectivity index (χ1v) is 11.3. The summed E-state index contributed by atoms with van der Waals surface area (Å²) < 4.78 is 5.97. The molecule has 1 aliphatic rings. The summed E-state index contributed by atoms with van der Waals surface area (Å²) >= 11 is 7.91. The Balaban J connectivity index is 1.36. The maximum absolute atomic E-state index is 12.2. The van der Waals surface area contributed by atoms with E-state index in [1.807, 2.05) is 36.4 Å². The second kappa shape index (κ2) is 9.54. The van der Waals surface area contributed by atoms with E-state index in [0.717, 1.165) is 32.3 Å². The highest BCUT2D eigenvalue weighted by Crippen LogP contribution is 2.41. The van der Waals surface area contributed by atoms with Crippen LogP contribution in [-0.4, -0.2) is 36.4 Å². The Labute approximate surface area is 195 Å². The number of pyridine rings is 1. The fraction of sp³-hybridized carbons (Fsp3) is 0.208. The topological polar surface area (TPSA) is 80.3 Å². The molecule has 0 saturated heterocycles. The Kier molecular flexibility index (Phi) is 6.58. The smallest absolute Gasteiger partial charge is 0.244 e. The monoisotopic (exact) mass is 467 g/mol. The number of carbonyl (C=O) groups excluding carboxylic acids is 2. The maximum Gasteiger partial charge on any atom is 0.244 e. The number of Topliss-reactive ketones (excluding diaryl/α,β-unsaturated/α-hetero) is 1. The lowest BCUT2D eigenvalue weighted by Gasteiger charge is -2.11. The lowest BCUT2D eigenvalue weighted by Crippen LogP contribution is -2.33. The predicted octanol–water partition coefficient (Wildman–Crippen LogP) is 4.84. The van der Waals surface area contributed by atoms with Gasteiger partial charge in [-0.1, -0.05) is 11.6 Å². The second-order valence-electron chi connectivity index (χ2n) is 7.42. The number of halogens is 1. The highest BCUT2D eigenvalue weighted by atomic mass is 35.5. The molecule has 8 heteroatoms. The summed E-state index contributed by atoms with van der Waals surface area (Å²) in [6.07, 6.45) is 5.34. The minimum Gasteiger partial charge on any atom is -0.486 e. The van der Waals surface area contributed by atoms with Crippen molar-refractivity contribution in [3.8, 4) is 16.2 Å². The summed E-state index contributed by atoms with van der Waals surface area (Å²) in [6, 6.07) is 11.4. The molecule has 1 atom stereocenters. The van der Waals surface area contributed by atoms with Crippen molar-refractivity contribution in [3.63, 3.8) is 0 Å². The number of thiophene rings is 1. The number of rotatable bonds is 7. The highest BCUT2D eigenvalue weighted by molar-refractivity contribution is 7.17. The van der Waals surface area contributed by atoms with Crippen molar-refractivity contribution in [1.82, 2.24) is 10.3 Å². The molecule has 0 bridgehead atoms. The third-order valence-corrected chi connectivity index (χ3v) is 6.58. The number of ketones is 1. The zero-order valence-corrected chi connectivity index (χ0v) is 19.2. The molecule has 3 aromatic rings. The molecule has 0 aliphatic carbocycles. The van der Waals surface area contributed by atoms with Crippen LogP contribution in [0.5, 0.6) is 5.75 Å². The second-order valence-corrected chi connectivity index (χ2v) is 8.91. The van der Waals surface area contributed by atoms with Gasteiger partial charge in [0.2, 0.25) is 5.91 Å². The largest absolute Gasteiger partial charge is 0.486 e. The number of anilines is 1. The van der Waals surface area contributed by atoms with E-state index in [0.29, 0.717) is 23.7 Å². The number of carbonyl (C=O) groups is 2. The first kappa shape index (κ1) is 22.0. The third kappa shape index (κ3) is 5.00. The van der Waals surface area contributed by atoms with Gasteiger partial charge in [-0.2, -0.15) is 0 Å². The van der Waals surface area contributed by atoms with Crippen molar-refractivity contribution in [1.29, 1.82) is 0 Å². The summed E-state index contributed by atoms with van der Waals surface area (Å²) in [7, 11) is 1.80. The van der Waals surface area contributed by atoms with E-state index >= 15 is 0 Å². The highest BCUT2D eigenvalue weighted by Gasteiger charge is 2.26. The first-order valence-electron chi connectivity index (χ1n) is 10.1. The molecule has 0 saturated carbocycles. The van der Waals surface area contributed by atoms with Crippen LogP contribution in [0.4, 0.5) is 5.82 Å². The number of amides is 1. The Morgan fingerprint density at radius 1 is 1.28 bits per heavy atom. The van der Waals surface area contributed by atoms with E-state index in [2.05, 4.69) is 15.6 Å². The summed E-state index contributed by atoms with van der Waals surface area (Å²) in [6.45, 7) is 1.93. The van der Waals surface area contributed by atoms with Crippen LogP contribution in [0, 0.1) is 0 Å². The van der Waals surface area contributed by atoms with Crippen molar-refractivity contribution in [2.75, 3.05) is 18.9 Å². The van der Waals surface area contributed by atoms with Crippen LogP contribution < -0.4 is 15.4 Å². The average Bonchev–Trinajstić information content (AvgIpc) is 3.44. The molecule has 2 N–H and O–H groups in total. The first-order chi connectivity index (χ1) is 15.4. The van der Waals surface area contributed by atoms with Gasteiger partial charge in [0.1, 0.15) is 17.7 Å². The molecule has 3 heterocycles. The van der Waals surface area contributed by atoms with Crippen molar-refractivity contribution < 1.29 is 14.3 Å². The van der Waals surface area contributed by atoms with Gasteiger partial charge in [-0.15, -0.1) is 11.3 Å². The zero-order chi connectivity index (χ0) is 22.7. The van der Waals surface area contributed by atoms with Crippen LogP contribution in [0.3, 0.4) is 0 Å². The molecule has 32 heavy (non-hydrogen) atoms. The maximum atomic E-state index is 12.2. The number of nitrogens with zero attached hydrogens (tertiary/aromatic N) is 1. The van der Waals surface area contributed by atoms with Gasteiger partial charge in [-0.25, -0.2) is 4.98 Å². The molecule has 1 aliphatic heterocycles. The van der Waals surface area contributed by atoms with Gasteiger partial charge in [-0.3, -0.25) is 9.59 Å². The average molecular weight is 468 g/mol. The van der Waals surface area contributed by atoms with Gasteiger partial charge in [0.25, 0.3) is 0 Å². The molecular weight excluding hydrogens is 446 g/mol. The van der Waals surface area contributed by atoms with E-state index in [9.17, 15) is 9.59 Å². The number of ether oxygens (including phenoxy) is 1. The summed E-state index contributed by atoms with van der Waals surface area (Å²) in [4.78, 5) is 29.7. The molecular formula is C24H22ClN3O3S. The molecule has 0 fully saturated rings. The fourth-order valence-electron chi connectivity index (χ4n) is 3.42. The number of hydrogen-bond donors (Lipinski definition) is 2. The number of aromatic nitrogens is 1. The number of hydrogen-bond acceptors (Lipinski definition) is 6. The van der Waals surface area contributed by atoms with E-state index < -0.39 is 0 Å². The number of nitrogens with one attached hydrogen (secondary N) is 2. The molecule has 6 nitrogen and oxygen atoms in total. The lowest BCUT2D eigenvalue weighted by atomic mass is 10.1. The Morgan fingerprint density at radius 2 is 2.12 bits per heavy atom. The molecule has 0 radical (unpaired) electrons. The predicted molar refractivity (Wildman–Crippen MR) is 129 cm³/mol. The van der Waals surface area contributed by atoms with Crippen LogP contribution in [0.1, 0.15) is 27.7 Å². The van der Waals surface area contributed by atoms with Gasteiger partial charge in [0.05, 0.1) is 16.4 Å². The Morgan fingerprint density at radius 3 is 2.81 bits per heavy atom. The summed E-state index contributed by atoms with van der Waals surface area (Å²) in [5, 5.41) is 6.35. The van der Waals surface area contributed by atoms with Crippen molar-refractivity contribution in [2.45, 2.75) is 19.4 Å². The Bertz CT molecular complexity index is 1190. The molecule has 2 aromatic heterocycles. The molecule has 4 rings (SSSR count). The Hall–Kier alpha value is -3.16. The quantitative estimate of drug-likeness (QED) is 0.384. The van der Waals surface area contributed by atoms with Gasteiger partial charge in [0, 0.05) is 36.2 Å². The van der Waals surface area contributed by atoms with Gasteiger partial charge < -0.3 is 15.4 Å². The van der Waals surface area contributed by atoms with E-state index in [1.54, 1.807) is 26.2 Å². The molecule has 1 unspecified atom stereocenters. The molecule has 164 valence electrons. The van der Waals surface area contributed by atoms with Crippen LogP contribution in [-0.2, 0) is 11.2 Å². The SMILES string of the molecule is CNc1ccc(C=CC(=O)NCC2Cc3cc(-c4ccc(C(C)=O)s4)cc(Cl)c3O2)cn1. The van der Waals surface area contributed by atoms with E-state index in [1.165, 1.54) is 17.4 Å². The number of fused-ring (bicyclic) bond motifs is 1. The van der Waals surface area contributed by atoms with Crippen LogP contribution in [0.15, 0.2) is 48.7 Å². The third-order valence-electron chi connectivity index (χ3n) is 5.06. The van der Waals surface area contributed by atoms with Gasteiger partial charge >= 0.3 is 0 Å². The number of benzene rings is 1. The lowest BCUT2D eigenvalue weighted by molar-refractivity contribution is -0.116. The standard InChI is InChI=1S/C24H22ClN3O3S/c1-14(29)20-5-6-21(32-20)16-9-17-10-18(31-24(17)19(25)11-16)13-28-23(30)8-4-15-3-7-22(26-2)27-12-15/h3-9,11-12,18H,10,13H2,1-2H3,(H,26,27)(H,28,30). The molecule has 0 spiro atoms. The van der Waals surface area contributed by atoms with E-state index in [-0.39, 0.29) is 17.8 Å². The van der Waals surface area contributed by atoms with Crippen molar-refractivity contribution in [3.05, 3.63) is 69.7 Å². The van der Waals surface area contributed by atoms with E-state index in [4.69, 9.17) is 16.3 Å². The van der Waals surface area contributed by atoms with Crippen LogP contribution in [0.2, 0.25) is 5.02 Å². The van der Waals surface area contributed by atoms with Crippen LogP contribution in [0.25, 0.3) is 16.5 Å². The van der Waals surface area contributed by atoms with Gasteiger partial charge in [0.15, 0.2) is 5.78 Å². The zero-order valence-electron chi connectivity index (χ0n) is 17.6. The van der Waals surface area contributed by atoms with Crippen molar-refractivity contribution in [2.24, 2.45) is 0 Å². The fourth-order valence-corrected chi connectivity index (χ4v) is 4.59. The van der Waals surface area contributed by atoms with Crippen LogP contribution >= 0.6 is 22.9 Å². The van der Waals surface area contributed by atoms with Crippen molar-refractivity contribution >= 4 is 46.5 Å². The van der Waals surface area contributed by atoms with Gasteiger partial charge in [-0.05, 0) is 60.5 Å². The summed E-state index contributed by atoms with van der Waals surface area (Å²) in [5.74, 6) is 1.27.